The van der Waals surface area contributed by atoms with Crippen LogP contribution in [0.1, 0.15) is 52.9 Å². The summed E-state index contributed by atoms with van der Waals surface area (Å²) in [5.74, 6) is -2.34. The van der Waals surface area contributed by atoms with E-state index in [1.807, 2.05) is 13.0 Å². The third-order valence-corrected chi connectivity index (χ3v) is 12.5. The lowest BCUT2D eigenvalue weighted by atomic mass is 9.94. The second kappa shape index (κ2) is 13.4. The van der Waals surface area contributed by atoms with Crippen molar-refractivity contribution in [2.45, 2.75) is 87.5 Å². The van der Waals surface area contributed by atoms with E-state index in [1.165, 1.54) is 4.90 Å². The highest BCUT2D eigenvalue weighted by Crippen LogP contribution is 2.47. The predicted octanol–water partition coefficient (Wildman–Crippen LogP) is 2.10. The van der Waals surface area contributed by atoms with Gasteiger partial charge in [-0.25, -0.2) is 18.2 Å². The smallest absolute Gasteiger partial charge is 0.405 e. The molecule has 16 heteroatoms. The van der Waals surface area contributed by atoms with Gasteiger partial charge in [-0.2, -0.15) is 0 Å². The largest absolute Gasteiger partial charge is 0.497 e. The minimum absolute atomic E-state index is 0.00590. The second-order valence-electron chi connectivity index (χ2n) is 14.1. The van der Waals surface area contributed by atoms with E-state index in [1.54, 1.807) is 57.5 Å². The number of rotatable bonds is 7. The van der Waals surface area contributed by atoms with E-state index in [0.29, 0.717) is 30.4 Å². The number of fused-ring (bicyclic) bond motifs is 3. The molecule has 3 fully saturated rings. The molecule has 15 nitrogen and oxygen atoms in total. The lowest BCUT2D eigenvalue weighted by Crippen LogP contribution is -2.59. The average Bonchev–Trinajstić information content (AvgIpc) is 3.95. The number of methoxy groups -OCH3 is 1. The fourth-order valence-corrected chi connectivity index (χ4v) is 8.19. The number of pyridine rings is 1. The Hall–Kier alpha value is -4.44. The van der Waals surface area contributed by atoms with Crippen LogP contribution in [-0.2, 0) is 29.1 Å². The molecule has 4 amide bonds. The van der Waals surface area contributed by atoms with Gasteiger partial charge >= 0.3 is 6.09 Å². The SMILES string of the molecule is COc1ccc2c(O[C@@H]3C[C@H]4C(=O)N[C@]5(C(=O)NS(=O)(=O)C6(C)CC6)C[C@H]5C=CCO[C@@H](C)C[C@@H](C)[C@H](NC(=O)O)C(=O)N4C3)nccc2c1. The summed E-state index contributed by atoms with van der Waals surface area (Å²) in [6.07, 6.45) is 3.76. The standard InChI is InChI=1S/C34H43N5O10S/c1-19-14-20(2)48-13-5-6-22-17-34(22,31(42)38-50(45,46)33(3)10-11-33)37-28(40)26-16-24(18-39(26)30(41)27(19)36-32(43)44)49-29-25-8-7-23(47-4)15-21(25)9-12-35-29/h5-9,12,15,19-20,22,24,26-27,36H,10-11,13-14,16-18H2,1-4H3,(H,37,40)(H,38,42)(H,43,44)/t19-,20+,22-,24-,26+,27+,34-/m1/s1. The van der Waals surface area contributed by atoms with Crippen LogP contribution in [0.15, 0.2) is 42.6 Å². The van der Waals surface area contributed by atoms with Gasteiger partial charge in [0.25, 0.3) is 5.91 Å². The molecule has 2 aliphatic heterocycles. The predicted molar refractivity (Wildman–Crippen MR) is 180 cm³/mol. The van der Waals surface area contributed by atoms with Crippen LogP contribution < -0.4 is 24.8 Å². The molecule has 4 N–H and O–H groups in total. The van der Waals surface area contributed by atoms with E-state index in [4.69, 9.17) is 14.2 Å². The lowest BCUT2D eigenvalue weighted by molar-refractivity contribution is -0.142. The van der Waals surface area contributed by atoms with Gasteiger partial charge in [-0.1, -0.05) is 19.1 Å². The molecule has 0 unspecified atom stereocenters. The highest BCUT2D eigenvalue weighted by atomic mass is 32.2. The molecular weight excluding hydrogens is 670 g/mol. The van der Waals surface area contributed by atoms with Crippen molar-refractivity contribution in [1.82, 2.24) is 25.2 Å². The molecule has 4 aliphatic rings. The molecule has 2 saturated carbocycles. The monoisotopic (exact) mass is 713 g/mol. The first-order valence-electron chi connectivity index (χ1n) is 16.7. The van der Waals surface area contributed by atoms with Crippen molar-refractivity contribution in [2.75, 3.05) is 20.3 Å². The normalized spacial score (nSPS) is 30.9. The van der Waals surface area contributed by atoms with Gasteiger partial charge in [-0.15, -0.1) is 0 Å². The molecule has 0 spiro atoms. The summed E-state index contributed by atoms with van der Waals surface area (Å²) in [5, 5.41) is 16.3. The van der Waals surface area contributed by atoms with E-state index < -0.39 is 74.1 Å². The zero-order chi connectivity index (χ0) is 36.0. The number of nitrogens with one attached hydrogen (secondary N) is 3. The highest BCUT2D eigenvalue weighted by Gasteiger charge is 2.63. The fourth-order valence-electron chi connectivity index (χ4n) is 6.87. The number of benzene rings is 1. The molecule has 7 atom stereocenters. The topological polar surface area (TPSA) is 203 Å². The van der Waals surface area contributed by atoms with E-state index in [2.05, 4.69) is 20.3 Å². The first kappa shape index (κ1) is 35.4. The van der Waals surface area contributed by atoms with Crippen molar-refractivity contribution in [1.29, 1.82) is 0 Å². The maximum Gasteiger partial charge on any atom is 0.405 e. The number of amides is 4. The minimum atomic E-state index is -4.02. The number of carbonyl (C=O) groups excluding carboxylic acids is 3. The number of aromatic nitrogens is 1. The van der Waals surface area contributed by atoms with Crippen LogP contribution in [-0.4, -0.2) is 102 Å². The second-order valence-corrected chi connectivity index (χ2v) is 16.2. The molecule has 0 radical (unpaired) electrons. The van der Waals surface area contributed by atoms with Gasteiger partial charge in [0.2, 0.25) is 27.7 Å². The maximum atomic E-state index is 14.3. The van der Waals surface area contributed by atoms with Crippen LogP contribution in [0, 0.1) is 11.8 Å². The zero-order valence-electron chi connectivity index (χ0n) is 28.4. The Kier molecular flexibility index (Phi) is 9.45. The Morgan fingerprint density at radius 2 is 1.92 bits per heavy atom. The van der Waals surface area contributed by atoms with E-state index in [0.717, 1.165) is 5.39 Å². The van der Waals surface area contributed by atoms with Crippen molar-refractivity contribution in [2.24, 2.45) is 11.8 Å². The molecule has 6 rings (SSSR count). The molecule has 1 aromatic heterocycles. The fraction of sp³-hybridized carbons (Fsp3) is 0.559. The Bertz CT molecular complexity index is 1830. The third-order valence-electron chi connectivity index (χ3n) is 10.3. The van der Waals surface area contributed by atoms with E-state index >= 15 is 0 Å². The zero-order valence-corrected chi connectivity index (χ0v) is 29.2. The van der Waals surface area contributed by atoms with Gasteiger partial charge in [0.1, 0.15) is 29.5 Å². The number of carboxylic acid groups (broad SMARTS) is 1. The first-order valence-corrected chi connectivity index (χ1v) is 18.2. The van der Waals surface area contributed by atoms with E-state index in [-0.39, 0.29) is 38.0 Å². The van der Waals surface area contributed by atoms with Crippen LogP contribution in [0.4, 0.5) is 4.79 Å². The summed E-state index contributed by atoms with van der Waals surface area (Å²) < 4.78 is 44.8. The molecular formula is C34H43N5O10S. The van der Waals surface area contributed by atoms with Gasteiger partial charge in [0.15, 0.2) is 0 Å². The molecule has 50 heavy (non-hydrogen) atoms. The first-order chi connectivity index (χ1) is 23.7. The summed E-state index contributed by atoms with van der Waals surface area (Å²) in [6.45, 7) is 5.17. The van der Waals surface area contributed by atoms with Crippen molar-refractivity contribution in [3.05, 3.63) is 42.6 Å². The van der Waals surface area contributed by atoms with Gasteiger partial charge in [-0.05, 0) is 75.1 Å². The molecule has 0 bridgehead atoms. The molecule has 3 heterocycles. The lowest BCUT2D eigenvalue weighted by Gasteiger charge is -2.32. The number of hydrogen-bond donors (Lipinski definition) is 4. The molecule has 270 valence electrons. The summed E-state index contributed by atoms with van der Waals surface area (Å²) in [6, 6.07) is 4.76. The maximum absolute atomic E-state index is 14.3. The summed E-state index contributed by atoms with van der Waals surface area (Å²) in [7, 11) is -2.46. The van der Waals surface area contributed by atoms with Crippen molar-refractivity contribution < 1.29 is 46.9 Å². The van der Waals surface area contributed by atoms with Crippen LogP contribution in [0.3, 0.4) is 0 Å². The van der Waals surface area contributed by atoms with Crippen LogP contribution in [0.25, 0.3) is 10.8 Å². The highest BCUT2D eigenvalue weighted by molar-refractivity contribution is 7.91. The van der Waals surface area contributed by atoms with Crippen molar-refractivity contribution in [3.8, 4) is 11.6 Å². The summed E-state index contributed by atoms with van der Waals surface area (Å²) in [5.41, 5.74) is -1.59. The van der Waals surface area contributed by atoms with Crippen molar-refractivity contribution in [3.63, 3.8) is 0 Å². The summed E-state index contributed by atoms with van der Waals surface area (Å²) in [4.78, 5) is 59.8. The average molecular weight is 714 g/mol. The minimum Gasteiger partial charge on any atom is -0.497 e. The number of nitrogens with zero attached hydrogens (tertiary/aromatic N) is 2. The number of ether oxygens (including phenoxy) is 3. The van der Waals surface area contributed by atoms with Crippen LogP contribution in [0.5, 0.6) is 11.6 Å². The Morgan fingerprint density at radius 3 is 2.62 bits per heavy atom. The third kappa shape index (κ3) is 6.95. The Labute approximate surface area is 290 Å². The van der Waals surface area contributed by atoms with Crippen LogP contribution in [0.2, 0.25) is 0 Å². The molecule has 1 aromatic carbocycles. The molecule has 1 saturated heterocycles. The van der Waals surface area contributed by atoms with Gasteiger partial charge in [0.05, 0.1) is 31.1 Å². The number of hydrogen-bond acceptors (Lipinski definition) is 10. The molecule has 2 aliphatic carbocycles. The van der Waals surface area contributed by atoms with E-state index in [9.17, 15) is 32.7 Å². The van der Waals surface area contributed by atoms with Gasteiger partial charge < -0.3 is 34.9 Å². The quantitative estimate of drug-likeness (QED) is 0.306. The van der Waals surface area contributed by atoms with Gasteiger partial charge in [0, 0.05) is 23.9 Å². The van der Waals surface area contributed by atoms with Crippen molar-refractivity contribution >= 4 is 44.6 Å². The Balaban J connectivity index is 1.33. The molecule has 2 aromatic rings. The number of carbonyl (C=O) groups is 4. The summed E-state index contributed by atoms with van der Waals surface area (Å²) >= 11 is 0. The van der Waals surface area contributed by atoms with Gasteiger partial charge in [-0.3, -0.25) is 19.1 Å². The van der Waals surface area contributed by atoms with Crippen LogP contribution >= 0.6 is 0 Å². The number of sulfonamides is 1. The Morgan fingerprint density at radius 1 is 1.16 bits per heavy atom.